The van der Waals surface area contributed by atoms with Crippen LogP contribution in [0.4, 0.5) is 4.79 Å². The molecule has 1 aromatic rings. The zero-order valence-corrected chi connectivity index (χ0v) is 12.6. The summed E-state index contributed by atoms with van der Waals surface area (Å²) in [5, 5.41) is 5.73. The van der Waals surface area contributed by atoms with E-state index in [-0.39, 0.29) is 23.3 Å². The van der Waals surface area contributed by atoms with E-state index in [4.69, 9.17) is 0 Å². The molecule has 2 amide bonds. The fourth-order valence-corrected chi connectivity index (χ4v) is 3.30. The first kappa shape index (κ1) is 13.9. The van der Waals surface area contributed by atoms with Gasteiger partial charge in [0, 0.05) is 17.7 Å². The van der Waals surface area contributed by atoms with Crippen molar-refractivity contribution < 1.29 is 9.59 Å². The Labute approximate surface area is 124 Å². The highest BCUT2D eigenvalue weighted by molar-refractivity contribution is 6.01. The summed E-state index contributed by atoms with van der Waals surface area (Å²) in [6.45, 7) is 6.12. The summed E-state index contributed by atoms with van der Waals surface area (Å²) in [6, 6.07) is 7.31. The van der Waals surface area contributed by atoms with Crippen LogP contribution in [0.25, 0.3) is 0 Å². The molecule has 0 saturated heterocycles. The Morgan fingerprint density at radius 1 is 1.14 bits per heavy atom. The van der Waals surface area contributed by atoms with Crippen molar-refractivity contribution in [2.75, 3.05) is 0 Å². The standard InChI is InChI=1S/C17H20N2O2/c1-10-6-4-5-7-11(10)15-14-12(18-16(21)19-15)8-17(2,3)9-13(14)20/h4-7,15H,8-9H2,1-3H3,(H2,18,19,21)/t15-/m1/s1. The van der Waals surface area contributed by atoms with Gasteiger partial charge >= 0.3 is 6.03 Å². The van der Waals surface area contributed by atoms with Gasteiger partial charge in [-0.25, -0.2) is 4.79 Å². The molecule has 0 bridgehead atoms. The third-order valence-corrected chi connectivity index (χ3v) is 4.25. The summed E-state index contributed by atoms with van der Waals surface area (Å²) in [4.78, 5) is 24.6. The number of amides is 2. The third-order valence-electron chi connectivity index (χ3n) is 4.25. The first-order valence-corrected chi connectivity index (χ1v) is 7.27. The Kier molecular flexibility index (Phi) is 3.12. The van der Waals surface area contributed by atoms with Gasteiger partial charge in [-0.05, 0) is 29.9 Å². The highest BCUT2D eigenvalue weighted by atomic mass is 16.2. The summed E-state index contributed by atoms with van der Waals surface area (Å²) in [7, 11) is 0. The number of hydrogen-bond donors (Lipinski definition) is 2. The lowest BCUT2D eigenvalue weighted by molar-refractivity contribution is -0.118. The highest BCUT2D eigenvalue weighted by Gasteiger charge is 2.40. The van der Waals surface area contributed by atoms with Gasteiger partial charge in [0.15, 0.2) is 5.78 Å². The van der Waals surface area contributed by atoms with Crippen molar-refractivity contribution in [3.05, 3.63) is 46.7 Å². The first-order chi connectivity index (χ1) is 9.87. The number of carbonyl (C=O) groups is 2. The normalized spacial score (nSPS) is 24.2. The number of rotatable bonds is 1. The smallest absolute Gasteiger partial charge is 0.319 e. The van der Waals surface area contributed by atoms with Crippen LogP contribution in [0.15, 0.2) is 35.5 Å². The molecule has 21 heavy (non-hydrogen) atoms. The van der Waals surface area contributed by atoms with Crippen molar-refractivity contribution in [3.63, 3.8) is 0 Å². The van der Waals surface area contributed by atoms with Crippen LogP contribution in [0.5, 0.6) is 0 Å². The van der Waals surface area contributed by atoms with Gasteiger partial charge in [-0.2, -0.15) is 0 Å². The molecule has 0 fully saturated rings. The largest absolute Gasteiger partial charge is 0.327 e. The van der Waals surface area contributed by atoms with Gasteiger partial charge in [0.05, 0.1) is 6.04 Å². The maximum atomic E-state index is 12.6. The number of carbonyl (C=O) groups excluding carboxylic acids is 2. The molecule has 1 atom stereocenters. The Morgan fingerprint density at radius 2 is 1.86 bits per heavy atom. The fourth-order valence-electron chi connectivity index (χ4n) is 3.30. The van der Waals surface area contributed by atoms with Gasteiger partial charge in [0.2, 0.25) is 0 Å². The second-order valence-corrected chi connectivity index (χ2v) is 6.72. The number of nitrogens with one attached hydrogen (secondary N) is 2. The molecule has 110 valence electrons. The van der Waals surface area contributed by atoms with Crippen molar-refractivity contribution in [3.8, 4) is 0 Å². The summed E-state index contributed by atoms with van der Waals surface area (Å²) >= 11 is 0. The van der Waals surface area contributed by atoms with E-state index < -0.39 is 0 Å². The second-order valence-electron chi connectivity index (χ2n) is 6.72. The van der Waals surface area contributed by atoms with E-state index in [1.807, 2.05) is 31.2 Å². The number of aryl methyl sites for hydroxylation is 1. The molecule has 0 saturated carbocycles. The zero-order valence-electron chi connectivity index (χ0n) is 12.6. The van der Waals surface area contributed by atoms with E-state index in [1.165, 1.54) is 0 Å². The Morgan fingerprint density at radius 3 is 2.57 bits per heavy atom. The molecule has 1 aliphatic carbocycles. The molecular weight excluding hydrogens is 264 g/mol. The molecule has 4 nitrogen and oxygen atoms in total. The zero-order chi connectivity index (χ0) is 15.2. The maximum Gasteiger partial charge on any atom is 0.319 e. The average Bonchev–Trinajstić information content (AvgIpc) is 2.36. The van der Waals surface area contributed by atoms with Crippen LogP contribution < -0.4 is 10.6 Å². The number of urea groups is 1. The highest BCUT2D eigenvalue weighted by Crippen LogP contribution is 2.41. The molecule has 1 heterocycles. The molecule has 2 N–H and O–H groups in total. The molecule has 4 heteroatoms. The number of Topliss-reactive ketones (excluding diaryl/α,β-unsaturated/α-hetero) is 1. The number of benzene rings is 1. The van der Waals surface area contributed by atoms with Crippen molar-refractivity contribution >= 4 is 11.8 Å². The summed E-state index contributed by atoms with van der Waals surface area (Å²) in [5.74, 6) is 0.127. The molecule has 1 aromatic carbocycles. The van der Waals surface area contributed by atoms with Crippen LogP contribution in [-0.2, 0) is 4.79 Å². The Bertz CT molecular complexity index is 659. The maximum absolute atomic E-state index is 12.6. The van der Waals surface area contributed by atoms with E-state index in [0.29, 0.717) is 6.42 Å². The molecule has 3 rings (SSSR count). The summed E-state index contributed by atoms with van der Waals surface area (Å²) in [5.41, 5.74) is 3.48. The Hall–Kier alpha value is -2.10. The van der Waals surface area contributed by atoms with Gasteiger partial charge in [-0.3, -0.25) is 4.79 Å². The lowest BCUT2D eigenvalue weighted by Gasteiger charge is -2.38. The van der Waals surface area contributed by atoms with Gasteiger partial charge in [-0.15, -0.1) is 0 Å². The molecule has 0 unspecified atom stereocenters. The van der Waals surface area contributed by atoms with Crippen LogP contribution in [0.1, 0.15) is 43.9 Å². The predicted octanol–water partition coefficient (Wildman–Crippen LogP) is 2.99. The molecule has 0 spiro atoms. The van der Waals surface area contributed by atoms with E-state index >= 15 is 0 Å². The molecule has 1 aliphatic heterocycles. The van der Waals surface area contributed by atoms with Gasteiger partial charge in [0.1, 0.15) is 0 Å². The van der Waals surface area contributed by atoms with E-state index in [0.717, 1.165) is 28.8 Å². The SMILES string of the molecule is Cc1ccccc1[C@H]1NC(=O)NC2=C1C(=O)CC(C)(C)C2. The van der Waals surface area contributed by atoms with E-state index in [2.05, 4.69) is 24.5 Å². The van der Waals surface area contributed by atoms with E-state index in [1.54, 1.807) is 0 Å². The lowest BCUT2D eigenvalue weighted by Crippen LogP contribution is -2.48. The van der Waals surface area contributed by atoms with Gasteiger partial charge < -0.3 is 10.6 Å². The molecule has 0 aromatic heterocycles. The quantitative estimate of drug-likeness (QED) is 0.833. The van der Waals surface area contributed by atoms with Crippen molar-refractivity contribution in [1.29, 1.82) is 0 Å². The minimum atomic E-state index is -0.335. The third kappa shape index (κ3) is 2.46. The topological polar surface area (TPSA) is 58.2 Å². The van der Waals surface area contributed by atoms with Crippen LogP contribution in [-0.4, -0.2) is 11.8 Å². The lowest BCUT2D eigenvalue weighted by atomic mass is 9.72. The predicted molar refractivity (Wildman–Crippen MR) is 80.6 cm³/mol. The molecule has 2 aliphatic rings. The Balaban J connectivity index is 2.11. The monoisotopic (exact) mass is 284 g/mol. The van der Waals surface area contributed by atoms with Crippen molar-refractivity contribution in [1.82, 2.24) is 10.6 Å². The van der Waals surface area contributed by atoms with Crippen LogP contribution in [0, 0.1) is 12.3 Å². The summed E-state index contributed by atoms with van der Waals surface area (Å²) in [6.07, 6.45) is 1.25. The fraction of sp³-hybridized carbons (Fsp3) is 0.412. The number of hydrogen-bond acceptors (Lipinski definition) is 2. The summed E-state index contributed by atoms with van der Waals surface area (Å²) < 4.78 is 0. The van der Waals surface area contributed by atoms with Crippen LogP contribution in [0.3, 0.4) is 0 Å². The minimum Gasteiger partial charge on any atom is -0.327 e. The van der Waals surface area contributed by atoms with Crippen LogP contribution in [0.2, 0.25) is 0 Å². The second kappa shape index (κ2) is 4.72. The van der Waals surface area contributed by atoms with Crippen molar-refractivity contribution in [2.45, 2.75) is 39.7 Å². The number of ketones is 1. The number of allylic oxidation sites excluding steroid dienone is 1. The van der Waals surface area contributed by atoms with Crippen molar-refractivity contribution in [2.24, 2.45) is 5.41 Å². The van der Waals surface area contributed by atoms with Gasteiger partial charge in [-0.1, -0.05) is 38.1 Å². The van der Waals surface area contributed by atoms with E-state index in [9.17, 15) is 9.59 Å². The minimum absolute atomic E-state index is 0.100. The molecular formula is C17H20N2O2. The van der Waals surface area contributed by atoms with Crippen LogP contribution >= 0.6 is 0 Å². The molecule has 0 radical (unpaired) electrons. The van der Waals surface area contributed by atoms with Gasteiger partial charge in [0.25, 0.3) is 0 Å². The first-order valence-electron chi connectivity index (χ1n) is 7.27. The average molecular weight is 284 g/mol.